The molecule has 0 bridgehead atoms. The molecular formula is C8H12ClNO2. The zero-order valence-electron chi connectivity index (χ0n) is 7.00. The van der Waals surface area contributed by atoms with Gasteiger partial charge in [0.15, 0.2) is 0 Å². The number of nitrogens with two attached hydrogens (primary N) is 1. The number of aromatic hydroxyl groups is 2. The fourth-order valence-electron chi connectivity index (χ4n) is 0.615. The highest BCUT2D eigenvalue weighted by molar-refractivity contribution is 6.33. The van der Waals surface area contributed by atoms with E-state index in [1.807, 2.05) is 13.8 Å². The number of rotatable bonds is 0. The predicted molar refractivity (Wildman–Crippen MR) is 50.5 cm³/mol. The van der Waals surface area contributed by atoms with Crippen LogP contribution < -0.4 is 5.73 Å². The monoisotopic (exact) mass is 189 g/mol. The van der Waals surface area contributed by atoms with Crippen molar-refractivity contribution in [3.63, 3.8) is 0 Å². The summed E-state index contributed by atoms with van der Waals surface area (Å²) in [6, 6.07) is 2.53. The molecule has 4 heteroatoms. The molecule has 0 spiro atoms. The van der Waals surface area contributed by atoms with Crippen molar-refractivity contribution < 1.29 is 10.2 Å². The molecule has 1 aromatic carbocycles. The Morgan fingerprint density at radius 3 is 1.83 bits per heavy atom. The summed E-state index contributed by atoms with van der Waals surface area (Å²) < 4.78 is 0. The van der Waals surface area contributed by atoms with Gasteiger partial charge in [0.1, 0.15) is 16.5 Å². The van der Waals surface area contributed by atoms with Crippen LogP contribution in [0.25, 0.3) is 0 Å². The molecule has 0 atom stereocenters. The van der Waals surface area contributed by atoms with Crippen LogP contribution in [-0.2, 0) is 0 Å². The van der Waals surface area contributed by atoms with Crippen molar-refractivity contribution in [1.29, 1.82) is 0 Å². The first-order chi connectivity index (χ1) is 5.61. The molecule has 0 aliphatic heterocycles. The number of phenolic OH excluding ortho intramolecular Hbond substituents is 2. The van der Waals surface area contributed by atoms with Crippen molar-refractivity contribution >= 4 is 17.3 Å². The Hall–Kier alpha value is -1.09. The van der Waals surface area contributed by atoms with Gasteiger partial charge in [0, 0.05) is 17.8 Å². The number of hydrogen-bond acceptors (Lipinski definition) is 3. The van der Waals surface area contributed by atoms with Crippen molar-refractivity contribution in [2.24, 2.45) is 0 Å². The largest absolute Gasteiger partial charge is 0.506 e. The van der Waals surface area contributed by atoms with Crippen LogP contribution in [0.3, 0.4) is 0 Å². The van der Waals surface area contributed by atoms with Crippen molar-refractivity contribution in [3.05, 3.63) is 17.2 Å². The third kappa shape index (κ3) is 2.51. The van der Waals surface area contributed by atoms with Crippen molar-refractivity contribution in [1.82, 2.24) is 0 Å². The van der Waals surface area contributed by atoms with E-state index in [1.165, 1.54) is 12.1 Å². The Balaban J connectivity index is 0.000000561. The van der Waals surface area contributed by atoms with Gasteiger partial charge in [-0.1, -0.05) is 25.4 Å². The van der Waals surface area contributed by atoms with E-state index in [9.17, 15) is 0 Å². The number of anilines is 1. The lowest BCUT2D eigenvalue weighted by Gasteiger charge is -2.00. The summed E-state index contributed by atoms with van der Waals surface area (Å²) in [6.07, 6.45) is 0. The molecule has 0 saturated heterocycles. The topological polar surface area (TPSA) is 66.5 Å². The van der Waals surface area contributed by atoms with Crippen LogP contribution >= 0.6 is 11.6 Å². The second kappa shape index (κ2) is 4.72. The Morgan fingerprint density at radius 2 is 1.50 bits per heavy atom. The second-order valence-corrected chi connectivity index (χ2v) is 2.25. The number of halogens is 1. The van der Waals surface area contributed by atoms with Crippen molar-refractivity contribution in [2.75, 3.05) is 5.73 Å². The average Bonchev–Trinajstić information content (AvgIpc) is 2.04. The third-order valence-corrected chi connectivity index (χ3v) is 1.44. The summed E-state index contributed by atoms with van der Waals surface area (Å²) in [5.74, 6) is -0.418. The normalized spacial score (nSPS) is 8.58. The summed E-state index contributed by atoms with van der Waals surface area (Å²) in [5, 5.41) is 17.7. The molecule has 0 saturated carbocycles. The Kier molecular flexibility index (Phi) is 4.29. The van der Waals surface area contributed by atoms with E-state index < -0.39 is 0 Å². The highest BCUT2D eigenvalue weighted by atomic mass is 35.5. The van der Waals surface area contributed by atoms with Crippen LogP contribution in [0.15, 0.2) is 12.1 Å². The minimum Gasteiger partial charge on any atom is -0.506 e. The first-order valence-corrected chi connectivity index (χ1v) is 3.96. The lowest BCUT2D eigenvalue weighted by atomic mass is 10.3. The van der Waals surface area contributed by atoms with Gasteiger partial charge < -0.3 is 15.9 Å². The van der Waals surface area contributed by atoms with Crippen molar-refractivity contribution in [2.45, 2.75) is 13.8 Å². The van der Waals surface area contributed by atoms with Crippen LogP contribution in [0.4, 0.5) is 5.69 Å². The smallest absolute Gasteiger partial charge is 0.140 e. The number of phenols is 2. The van der Waals surface area contributed by atoms with E-state index in [2.05, 4.69) is 0 Å². The minimum absolute atomic E-state index is 0.0748. The summed E-state index contributed by atoms with van der Waals surface area (Å²) in [6.45, 7) is 4.00. The molecular weight excluding hydrogens is 178 g/mol. The van der Waals surface area contributed by atoms with Crippen molar-refractivity contribution in [3.8, 4) is 11.5 Å². The van der Waals surface area contributed by atoms with Gasteiger partial charge in [0.2, 0.25) is 0 Å². The van der Waals surface area contributed by atoms with E-state index >= 15 is 0 Å². The molecule has 1 rings (SSSR count). The van der Waals surface area contributed by atoms with Gasteiger partial charge in [0.05, 0.1) is 0 Å². The molecule has 4 N–H and O–H groups in total. The maximum Gasteiger partial charge on any atom is 0.140 e. The van der Waals surface area contributed by atoms with Gasteiger partial charge in [-0.25, -0.2) is 0 Å². The molecule has 0 heterocycles. The molecule has 1 aromatic rings. The van der Waals surface area contributed by atoms with E-state index in [1.54, 1.807) is 0 Å². The van der Waals surface area contributed by atoms with Crippen LogP contribution in [0, 0.1) is 0 Å². The van der Waals surface area contributed by atoms with Gasteiger partial charge in [0.25, 0.3) is 0 Å². The fraction of sp³-hybridized carbons (Fsp3) is 0.250. The highest BCUT2D eigenvalue weighted by Crippen LogP contribution is 2.34. The summed E-state index contributed by atoms with van der Waals surface area (Å²) in [4.78, 5) is 0. The first kappa shape index (κ1) is 10.9. The average molecular weight is 190 g/mol. The maximum absolute atomic E-state index is 8.91. The molecule has 3 nitrogen and oxygen atoms in total. The first-order valence-electron chi connectivity index (χ1n) is 3.58. The molecule has 12 heavy (non-hydrogen) atoms. The molecule has 0 aromatic heterocycles. The number of nitrogen functional groups attached to an aromatic ring is 1. The molecule has 0 aliphatic rings. The van der Waals surface area contributed by atoms with Crippen LogP contribution in [0.1, 0.15) is 13.8 Å². The third-order valence-electron chi connectivity index (χ3n) is 1.06. The van der Waals surface area contributed by atoms with Gasteiger partial charge >= 0.3 is 0 Å². The highest BCUT2D eigenvalue weighted by Gasteiger charge is 2.04. The predicted octanol–water partition coefficient (Wildman–Crippen LogP) is 2.36. The van der Waals surface area contributed by atoms with Gasteiger partial charge in [-0.05, 0) is 0 Å². The lowest BCUT2D eigenvalue weighted by Crippen LogP contribution is -1.83. The van der Waals surface area contributed by atoms with Crippen LogP contribution in [0.5, 0.6) is 11.5 Å². The van der Waals surface area contributed by atoms with E-state index in [4.69, 9.17) is 27.5 Å². The second-order valence-electron chi connectivity index (χ2n) is 1.87. The molecule has 0 fully saturated rings. The molecule has 0 radical (unpaired) electrons. The SMILES string of the molecule is CC.Nc1cc(O)c(Cl)c(O)c1. The molecule has 68 valence electrons. The summed E-state index contributed by atoms with van der Waals surface area (Å²) >= 11 is 5.39. The van der Waals surface area contributed by atoms with E-state index in [0.717, 1.165) is 0 Å². The van der Waals surface area contributed by atoms with Gasteiger partial charge in [-0.15, -0.1) is 0 Å². The summed E-state index contributed by atoms with van der Waals surface area (Å²) in [5.41, 5.74) is 5.53. The lowest BCUT2D eigenvalue weighted by molar-refractivity contribution is 0.451. The maximum atomic E-state index is 8.91. The number of benzene rings is 1. The van der Waals surface area contributed by atoms with E-state index in [-0.39, 0.29) is 22.2 Å². The van der Waals surface area contributed by atoms with Gasteiger partial charge in [-0.2, -0.15) is 0 Å². The Bertz CT molecular complexity index is 240. The Morgan fingerprint density at radius 1 is 1.17 bits per heavy atom. The zero-order valence-corrected chi connectivity index (χ0v) is 7.76. The molecule has 0 amide bonds. The fourth-order valence-corrected chi connectivity index (χ4v) is 0.724. The zero-order chi connectivity index (χ0) is 9.72. The quantitative estimate of drug-likeness (QED) is 0.549. The minimum atomic E-state index is -0.209. The van der Waals surface area contributed by atoms with E-state index in [0.29, 0.717) is 0 Å². The summed E-state index contributed by atoms with van der Waals surface area (Å²) in [7, 11) is 0. The number of hydrogen-bond donors (Lipinski definition) is 3. The standard InChI is InChI=1S/C6H6ClNO2.C2H6/c7-6-4(9)1-3(8)2-5(6)10;1-2/h1-2,9-10H,8H2;1-2H3. The molecule has 0 unspecified atom stereocenters. The van der Waals surface area contributed by atoms with Crippen LogP contribution in [0.2, 0.25) is 5.02 Å². The van der Waals surface area contributed by atoms with Gasteiger partial charge in [-0.3, -0.25) is 0 Å². The molecule has 0 aliphatic carbocycles. The van der Waals surface area contributed by atoms with Crippen LogP contribution in [-0.4, -0.2) is 10.2 Å². The Labute approximate surface area is 76.4 Å².